The minimum Gasteiger partial charge on any atom is -0.392 e. The molecule has 109 valence electrons. The van der Waals surface area contributed by atoms with Crippen LogP contribution >= 0.6 is 0 Å². The Kier molecular flexibility index (Phi) is 11.6. The van der Waals surface area contributed by atoms with Crippen LogP contribution in [-0.2, 0) is 0 Å². The SMILES string of the molecule is C.CCC.CCC1CC(C)(C)C(O)C(C)(C)C1.[B]. The van der Waals surface area contributed by atoms with Gasteiger partial charge in [-0.15, -0.1) is 0 Å². The fourth-order valence-electron chi connectivity index (χ4n) is 3.13. The molecule has 0 atom stereocenters. The van der Waals surface area contributed by atoms with Crippen molar-refractivity contribution in [1.82, 2.24) is 0 Å². The Labute approximate surface area is 118 Å². The molecule has 0 spiro atoms. The first-order valence-corrected chi connectivity index (χ1v) is 6.89. The van der Waals surface area contributed by atoms with Gasteiger partial charge in [-0.25, -0.2) is 0 Å². The molecule has 1 saturated carbocycles. The van der Waals surface area contributed by atoms with E-state index in [1.54, 1.807) is 0 Å². The van der Waals surface area contributed by atoms with E-state index in [1.807, 2.05) is 0 Å². The fraction of sp³-hybridized carbons (Fsp3) is 1.00. The van der Waals surface area contributed by atoms with Gasteiger partial charge < -0.3 is 5.11 Å². The Balaban J connectivity index is -0.000000410. The van der Waals surface area contributed by atoms with Crippen molar-refractivity contribution in [3.8, 4) is 0 Å². The second kappa shape index (κ2) is 9.01. The van der Waals surface area contributed by atoms with Gasteiger partial charge in [-0.2, -0.15) is 0 Å². The number of hydrogen-bond donors (Lipinski definition) is 1. The van der Waals surface area contributed by atoms with Gasteiger partial charge in [0.2, 0.25) is 0 Å². The minimum absolute atomic E-state index is 0. The van der Waals surface area contributed by atoms with Crippen LogP contribution in [0.3, 0.4) is 0 Å². The molecule has 0 aromatic heterocycles. The lowest BCUT2D eigenvalue weighted by molar-refractivity contribution is -0.0951. The first kappa shape index (κ1) is 23.1. The van der Waals surface area contributed by atoms with Gasteiger partial charge in [-0.05, 0) is 29.6 Å². The molecule has 0 aromatic carbocycles. The molecule has 0 saturated heterocycles. The molecular weight excluding hydrogens is 219 g/mol. The van der Waals surface area contributed by atoms with Gasteiger partial charge >= 0.3 is 0 Å². The molecule has 0 heterocycles. The monoisotopic (exact) mass is 255 g/mol. The van der Waals surface area contributed by atoms with Gasteiger partial charge in [0.1, 0.15) is 0 Å². The molecule has 1 rings (SSSR count). The Morgan fingerprint density at radius 1 is 0.944 bits per heavy atom. The average molecular weight is 255 g/mol. The van der Waals surface area contributed by atoms with E-state index < -0.39 is 0 Å². The first-order chi connectivity index (χ1) is 7.21. The summed E-state index contributed by atoms with van der Waals surface area (Å²) in [5.74, 6) is 0.799. The van der Waals surface area contributed by atoms with E-state index in [1.165, 1.54) is 25.7 Å². The summed E-state index contributed by atoms with van der Waals surface area (Å²) in [4.78, 5) is 0. The van der Waals surface area contributed by atoms with Gasteiger partial charge in [0, 0.05) is 8.41 Å². The predicted molar refractivity (Wildman–Crippen MR) is 85.0 cm³/mol. The van der Waals surface area contributed by atoms with Crippen LogP contribution in [-0.4, -0.2) is 19.6 Å². The highest BCUT2D eigenvalue weighted by Gasteiger charge is 2.45. The lowest BCUT2D eigenvalue weighted by Gasteiger charge is -2.49. The van der Waals surface area contributed by atoms with Crippen LogP contribution in [0.4, 0.5) is 0 Å². The second-order valence-corrected chi connectivity index (χ2v) is 6.77. The molecule has 1 aliphatic rings. The van der Waals surface area contributed by atoms with Crippen molar-refractivity contribution >= 4 is 8.41 Å². The quantitative estimate of drug-likeness (QED) is 0.661. The summed E-state index contributed by atoms with van der Waals surface area (Å²) < 4.78 is 0. The molecule has 2 heteroatoms. The first-order valence-electron chi connectivity index (χ1n) is 6.89. The van der Waals surface area contributed by atoms with Gasteiger partial charge in [-0.1, -0.05) is 68.7 Å². The third kappa shape index (κ3) is 6.27. The van der Waals surface area contributed by atoms with Crippen molar-refractivity contribution in [2.24, 2.45) is 16.7 Å². The molecular formula is C16H36BO. The molecule has 0 unspecified atom stereocenters. The normalized spacial score (nSPS) is 28.0. The van der Waals surface area contributed by atoms with Crippen LogP contribution in [0.1, 0.15) is 81.6 Å². The van der Waals surface area contributed by atoms with Crippen molar-refractivity contribution in [3.63, 3.8) is 0 Å². The van der Waals surface area contributed by atoms with Crippen LogP contribution in [0, 0.1) is 16.7 Å². The third-order valence-corrected chi connectivity index (χ3v) is 3.69. The molecule has 1 N–H and O–H groups in total. The Morgan fingerprint density at radius 3 is 1.44 bits per heavy atom. The third-order valence-electron chi connectivity index (χ3n) is 3.69. The molecule has 18 heavy (non-hydrogen) atoms. The Hall–Kier alpha value is 0.0249. The smallest absolute Gasteiger partial charge is 0.0642 e. The van der Waals surface area contributed by atoms with E-state index in [0.29, 0.717) is 0 Å². The summed E-state index contributed by atoms with van der Waals surface area (Å²) in [6, 6.07) is 0. The maximum atomic E-state index is 10.2. The predicted octanol–water partition coefficient (Wildman–Crippen LogP) is 4.89. The number of rotatable bonds is 1. The lowest BCUT2D eigenvalue weighted by atomic mass is 9.59. The van der Waals surface area contributed by atoms with Crippen LogP contribution in [0.2, 0.25) is 0 Å². The van der Waals surface area contributed by atoms with E-state index in [2.05, 4.69) is 48.5 Å². The summed E-state index contributed by atoms with van der Waals surface area (Å²) >= 11 is 0. The van der Waals surface area contributed by atoms with Crippen molar-refractivity contribution in [2.45, 2.75) is 87.7 Å². The van der Waals surface area contributed by atoms with E-state index in [-0.39, 0.29) is 32.8 Å². The van der Waals surface area contributed by atoms with Crippen LogP contribution < -0.4 is 0 Å². The van der Waals surface area contributed by atoms with Crippen LogP contribution in [0.25, 0.3) is 0 Å². The summed E-state index contributed by atoms with van der Waals surface area (Å²) in [5, 5.41) is 10.2. The molecule has 1 aliphatic carbocycles. The van der Waals surface area contributed by atoms with Crippen molar-refractivity contribution in [3.05, 3.63) is 0 Å². The summed E-state index contributed by atoms with van der Waals surface area (Å²) in [5.41, 5.74) is 0.199. The van der Waals surface area contributed by atoms with E-state index in [9.17, 15) is 5.11 Å². The maximum absolute atomic E-state index is 10.2. The number of aliphatic hydroxyl groups is 1. The minimum atomic E-state index is -0.150. The second-order valence-electron chi connectivity index (χ2n) is 6.77. The number of hydrogen-bond acceptors (Lipinski definition) is 1. The van der Waals surface area contributed by atoms with Gasteiger partial charge in [0.05, 0.1) is 6.10 Å². The zero-order chi connectivity index (χ0) is 13.0. The molecule has 0 aromatic rings. The van der Waals surface area contributed by atoms with Gasteiger partial charge in [0.15, 0.2) is 0 Å². The average Bonchev–Trinajstić information content (AvgIpc) is 2.14. The summed E-state index contributed by atoms with van der Waals surface area (Å²) in [6.07, 6.45) is 4.70. The van der Waals surface area contributed by atoms with Crippen molar-refractivity contribution < 1.29 is 5.11 Å². The highest BCUT2D eigenvalue weighted by Crippen LogP contribution is 2.49. The molecule has 0 aliphatic heterocycles. The highest BCUT2D eigenvalue weighted by molar-refractivity contribution is 5.75. The van der Waals surface area contributed by atoms with Gasteiger partial charge in [-0.3, -0.25) is 0 Å². The van der Waals surface area contributed by atoms with E-state index in [0.717, 1.165) is 5.92 Å². The Bertz CT molecular complexity index is 181. The van der Waals surface area contributed by atoms with E-state index >= 15 is 0 Å². The van der Waals surface area contributed by atoms with Crippen molar-refractivity contribution in [2.75, 3.05) is 0 Å². The fourth-order valence-corrected chi connectivity index (χ4v) is 3.13. The molecule has 0 bridgehead atoms. The molecule has 0 amide bonds. The molecule has 1 nitrogen and oxygen atoms in total. The summed E-state index contributed by atoms with van der Waals surface area (Å²) in [7, 11) is 0. The topological polar surface area (TPSA) is 20.2 Å². The van der Waals surface area contributed by atoms with Crippen LogP contribution in [0.15, 0.2) is 0 Å². The Morgan fingerprint density at radius 2 is 1.22 bits per heavy atom. The highest BCUT2D eigenvalue weighted by atomic mass is 16.3. The van der Waals surface area contributed by atoms with E-state index in [4.69, 9.17) is 0 Å². The zero-order valence-corrected chi connectivity index (χ0v) is 13.0. The van der Waals surface area contributed by atoms with Gasteiger partial charge in [0.25, 0.3) is 0 Å². The summed E-state index contributed by atoms with van der Waals surface area (Å²) in [6.45, 7) is 15.3. The molecule has 1 fully saturated rings. The van der Waals surface area contributed by atoms with Crippen LogP contribution in [0.5, 0.6) is 0 Å². The maximum Gasteiger partial charge on any atom is 0.0642 e. The number of aliphatic hydroxyl groups excluding tert-OH is 1. The molecule has 3 radical (unpaired) electrons. The lowest BCUT2D eigenvalue weighted by Crippen LogP contribution is -2.48. The zero-order valence-electron chi connectivity index (χ0n) is 13.0. The standard InChI is InChI=1S/C12H24O.C3H8.CH4.B/c1-6-9-7-11(2,3)10(13)12(4,5)8-9;1-3-2;;/h9-10,13H,6-8H2,1-5H3;3H2,1-2H3;1H4;. The van der Waals surface area contributed by atoms with Crippen molar-refractivity contribution in [1.29, 1.82) is 0 Å². The largest absolute Gasteiger partial charge is 0.392 e.